The molecular weight excluding hydrogens is 136 g/mol. The molecule has 0 aliphatic carbocycles. The lowest BCUT2D eigenvalue weighted by Crippen LogP contribution is -1.91. The first-order chi connectivity index (χ1) is 5.11. The molecule has 0 aromatic carbocycles. The molecule has 0 aliphatic heterocycles. The van der Waals surface area contributed by atoms with E-state index in [2.05, 4.69) is 26.5 Å². The number of aliphatic hydroxyl groups is 1. The van der Waals surface area contributed by atoms with Crippen LogP contribution in [0.15, 0.2) is 16.9 Å². The van der Waals surface area contributed by atoms with E-state index in [-0.39, 0.29) is 6.61 Å². The van der Waals surface area contributed by atoms with Gasteiger partial charge in [0.1, 0.15) is 0 Å². The summed E-state index contributed by atoms with van der Waals surface area (Å²) in [6.45, 7) is 8.44. The highest BCUT2D eigenvalue weighted by atomic mass is 16.3. The number of hydrogen-bond acceptors (Lipinski definition) is 1. The van der Waals surface area contributed by atoms with Crippen LogP contribution in [0.3, 0.4) is 0 Å². The molecule has 1 N–H and O–H groups in total. The zero-order valence-corrected chi connectivity index (χ0v) is 7.94. The first-order valence-electron chi connectivity index (χ1n) is 4.17. The van der Waals surface area contributed by atoms with Crippen molar-refractivity contribution in [1.29, 1.82) is 0 Å². The molecule has 0 heterocycles. The van der Waals surface area contributed by atoms with Crippen LogP contribution in [0.5, 0.6) is 0 Å². The smallest absolute Gasteiger partial charge is 0.0713 e. The third kappa shape index (κ3) is 4.02. The van der Waals surface area contributed by atoms with Crippen molar-refractivity contribution >= 4 is 0 Å². The van der Waals surface area contributed by atoms with Crippen LogP contribution in [0.4, 0.5) is 0 Å². The van der Waals surface area contributed by atoms with Gasteiger partial charge in [0.25, 0.3) is 0 Å². The fraction of sp³-hybridized carbons (Fsp3) is 0.700. The standard InChI is InChI=1S/C10H18O/c1-5-10(8(2)3)6-9(4)7-11/h8,11H,5,7H2,1-4H3. The van der Waals surface area contributed by atoms with Gasteiger partial charge in [-0.2, -0.15) is 0 Å². The topological polar surface area (TPSA) is 20.2 Å². The molecule has 1 nitrogen and oxygen atoms in total. The van der Waals surface area contributed by atoms with E-state index in [4.69, 9.17) is 5.11 Å². The minimum absolute atomic E-state index is 0.121. The Bertz CT molecular complexity index is 171. The summed E-state index contributed by atoms with van der Waals surface area (Å²) in [7, 11) is 0. The van der Waals surface area contributed by atoms with Crippen LogP contribution in [0.25, 0.3) is 0 Å². The molecule has 0 rings (SSSR count). The van der Waals surface area contributed by atoms with Crippen LogP contribution in [0, 0.1) is 5.92 Å². The maximum atomic E-state index is 8.75. The quantitative estimate of drug-likeness (QED) is 0.619. The lowest BCUT2D eigenvalue weighted by Gasteiger charge is -2.04. The van der Waals surface area contributed by atoms with Crippen LogP contribution < -0.4 is 0 Å². The van der Waals surface area contributed by atoms with E-state index in [1.54, 1.807) is 0 Å². The summed E-state index contributed by atoms with van der Waals surface area (Å²) in [6.07, 6.45) is 1.02. The molecule has 0 saturated carbocycles. The van der Waals surface area contributed by atoms with Crippen molar-refractivity contribution in [3.8, 4) is 0 Å². The zero-order chi connectivity index (χ0) is 8.85. The van der Waals surface area contributed by atoms with Crippen molar-refractivity contribution in [2.45, 2.75) is 34.1 Å². The molecule has 0 unspecified atom stereocenters. The first-order valence-corrected chi connectivity index (χ1v) is 4.17. The van der Waals surface area contributed by atoms with Crippen molar-refractivity contribution < 1.29 is 5.11 Å². The molecule has 0 bridgehead atoms. The molecule has 0 fully saturated rings. The minimum atomic E-state index is 0.121. The summed E-state index contributed by atoms with van der Waals surface area (Å²) in [5.74, 6) is 0.543. The van der Waals surface area contributed by atoms with Gasteiger partial charge in [-0.3, -0.25) is 0 Å². The van der Waals surface area contributed by atoms with Gasteiger partial charge in [0.15, 0.2) is 0 Å². The molecule has 0 aromatic heterocycles. The van der Waals surface area contributed by atoms with Gasteiger partial charge in [-0.15, -0.1) is 5.73 Å². The second-order valence-electron chi connectivity index (χ2n) is 3.10. The molecule has 64 valence electrons. The molecule has 0 saturated heterocycles. The van der Waals surface area contributed by atoms with E-state index in [0.29, 0.717) is 5.92 Å². The van der Waals surface area contributed by atoms with Crippen LogP contribution in [-0.2, 0) is 0 Å². The highest BCUT2D eigenvalue weighted by Crippen LogP contribution is 2.12. The van der Waals surface area contributed by atoms with Crippen molar-refractivity contribution in [3.05, 3.63) is 16.9 Å². The Balaban J connectivity index is 4.58. The van der Waals surface area contributed by atoms with Gasteiger partial charge in [-0.1, -0.05) is 20.8 Å². The van der Waals surface area contributed by atoms with E-state index >= 15 is 0 Å². The molecule has 0 aliphatic rings. The Kier molecular flexibility index (Phi) is 4.93. The lowest BCUT2D eigenvalue weighted by molar-refractivity contribution is 0.331. The maximum Gasteiger partial charge on any atom is 0.0713 e. The van der Waals surface area contributed by atoms with Crippen molar-refractivity contribution in [3.63, 3.8) is 0 Å². The molecule has 0 aromatic rings. The summed E-state index contributed by atoms with van der Waals surface area (Å²) in [5.41, 5.74) is 5.41. The number of aliphatic hydroxyl groups excluding tert-OH is 1. The summed E-state index contributed by atoms with van der Waals surface area (Å²) in [6, 6.07) is 0. The van der Waals surface area contributed by atoms with Crippen LogP contribution in [0.1, 0.15) is 34.1 Å². The largest absolute Gasteiger partial charge is 0.391 e. The van der Waals surface area contributed by atoms with Gasteiger partial charge in [0.2, 0.25) is 0 Å². The van der Waals surface area contributed by atoms with E-state index < -0.39 is 0 Å². The van der Waals surface area contributed by atoms with E-state index in [1.807, 2.05) is 6.92 Å². The Morgan fingerprint density at radius 3 is 2.27 bits per heavy atom. The van der Waals surface area contributed by atoms with Gasteiger partial charge in [0.05, 0.1) is 6.61 Å². The second-order valence-corrected chi connectivity index (χ2v) is 3.10. The van der Waals surface area contributed by atoms with Crippen LogP contribution >= 0.6 is 0 Å². The predicted molar refractivity (Wildman–Crippen MR) is 48.4 cm³/mol. The Hall–Kier alpha value is -0.520. The van der Waals surface area contributed by atoms with Crippen molar-refractivity contribution in [2.24, 2.45) is 5.92 Å². The van der Waals surface area contributed by atoms with Crippen molar-refractivity contribution in [2.75, 3.05) is 6.61 Å². The molecular formula is C10H18O. The highest BCUT2D eigenvalue weighted by Gasteiger charge is 1.98. The molecule has 11 heavy (non-hydrogen) atoms. The fourth-order valence-corrected chi connectivity index (χ4v) is 0.955. The van der Waals surface area contributed by atoms with Gasteiger partial charge < -0.3 is 5.11 Å². The minimum Gasteiger partial charge on any atom is -0.391 e. The zero-order valence-electron chi connectivity index (χ0n) is 7.94. The van der Waals surface area contributed by atoms with Crippen molar-refractivity contribution in [1.82, 2.24) is 0 Å². The average molecular weight is 154 g/mol. The summed E-state index contributed by atoms with van der Waals surface area (Å²) >= 11 is 0. The first kappa shape index (κ1) is 10.5. The summed E-state index contributed by atoms with van der Waals surface area (Å²) < 4.78 is 0. The van der Waals surface area contributed by atoms with Crippen LogP contribution in [-0.4, -0.2) is 11.7 Å². The summed E-state index contributed by atoms with van der Waals surface area (Å²) in [4.78, 5) is 0. The number of rotatable bonds is 3. The van der Waals surface area contributed by atoms with Gasteiger partial charge in [-0.25, -0.2) is 0 Å². The Morgan fingerprint density at radius 2 is 2.00 bits per heavy atom. The fourth-order valence-electron chi connectivity index (χ4n) is 0.955. The normalized spacial score (nSPS) is 9.64. The monoisotopic (exact) mass is 154 g/mol. The third-order valence-corrected chi connectivity index (χ3v) is 1.69. The molecule has 0 spiro atoms. The van der Waals surface area contributed by atoms with E-state index in [1.165, 1.54) is 5.57 Å². The lowest BCUT2D eigenvalue weighted by atomic mass is 10.0. The predicted octanol–water partition coefficient (Wildman–Crippen LogP) is 2.52. The number of hydrogen-bond donors (Lipinski definition) is 1. The molecule has 1 heteroatoms. The second kappa shape index (κ2) is 5.17. The molecule has 0 radical (unpaired) electrons. The van der Waals surface area contributed by atoms with Crippen LogP contribution in [0.2, 0.25) is 0 Å². The van der Waals surface area contributed by atoms with Gasteiger partial charge in [0, 0.05) is 0 Å². The summed E-state index contributed by atoms with van der Waals surface area (Å²) in [5, 5.41) is 8.75. The molecule has 0 atom stereocenters. The van der Waals surface area contributed by atoms with Gasteiger partial charge >= 0.3 is 0 Å². The maximum absolute atomic E-state index is 8.75. The SMILES string of the molecule is CCC(=C=C(C)CO)C(C)C. The Labute approximate surface area is 69.4 Å². The average Bonchev–Trinajstić information content (AvgIpc) is 1.99. The Morgan fingerprint density at radius 1 is 1.45 bits per heavy atom. The highest BCUT2D eigenvalue weighted by molar-refractivity contribution is 5.09. The van der Waals surface area contributed by atoms with E-state index in [9.17, 15) is 0 Å². The molecule has 0 amide bonds. The van der Waals surface area contributed by atoms with E-state index in [0.717, 1.165) is 12.0 Å². The van der Waals surface area contributed by atoms with Gasteiger partial charge in [-0.05, 0) is 30.4 Å². The third-order valence-electron chi connectivity index (χ3n) is 1.69.